The van der Waals surface area contributed by atoms with Crippen molar-refractivity contribution in [3.05, 3.63) is 28.8 Å². The van der Waals surface area contributed by atoms with Gasteiger partial charge in [-0.05, 0) is 25.0 Å². The molecule has 0 radical (unpaired) electrons. The van der Waals surface area contributed by atoms with E-state index in [1.807, 2.05) is 6.07 Å². The van der Waals surface area contributed by atoms with Crippen molar-refractivity contribution in [3.8, 4) is 6.07 Å². The summed E-state index contributed by atoms with van der Waals surface area (Å²) >= 11 is 5.88. The number of nitriles is 1. The molecule has 0 unspecified atom stereocenters. The molecule has 1 saturated carbocycles. The van der Waals surface area contributed by atoms with Crippen LogP contribution in [-0.2, 0) is 4.79 Å². The van der Waals surface area contributed by atoms with Gasteiger partial charge in [0.1, 0.15) is 6.07 Å². The van der Waals surface area contributed by atoms with E-state index in [0.29, 0.717) is 22.3 Å². The Labute approximate surface area is 105 Å². The van der Waals surface area contributed by atoms with E-state index in [1.54, 1.807) is 18.2 Å². The van der Waals surface area contributed by atoms with Gasteiger partial charge in [-0.2, -0.15) is 5.26 Å². The molecule has 2 N–H and O–H groups in total. The van der Waals surface area contributed by atoms with Crippen LogP contribution in [0.2, 0.25) is 5.02 Å². The highest BCUT2D eigenvalue weighted by molar-refractivity contribution is 6.32. The number of carbonyl (C=O) groups excluding carboxylic acids is 1. The van der Waals surface area contributed by atoms with E-state index >= 15 is 0 Å². The minimum atomic E-state index is -0.0589. The number of amides is 1. The van der Waals surface area contributed by atoms with Gasteiger partial charge in [-0.25, -0.2) is 0 Å². The molecule has 1 aliphatic carbocycles. The molecule has 0 heterocycles. The second-order valence-corrected chi connectivity index (χ2v) is 4.38. The molecular formula is C12H12ClN3O. The molecule has 1 aromatic rings. The van der Waals surface area contributed by atoms with Crippen LogP contribution in [0.3, 0.4) is 0 Å². The Balaban J connectivity index is 1.96. The van der Waals surface area contributed by atoms with Gasteiger partial charge in [-0.1, -0.05) is 17.7 Å². The van der Waals surface area contributed by atoms with Gasteiger partial charge in [0.15, 0.2) is 0 Å². The molecule has 0 aromatic heterocycles. The van der Waals surface area contributed by atoms with Gasteiger partial charge in [-0.3, -0.25) is 4.79 Å². The predicted octanol–water partition coefficient (Wildman–Crippen LogP) is 1.90. The molecule has 0 atom stereocenters. The lowest BCUT2D eigenvalue weighted by molar-refractivity contribution is -0.119. The summed E-state index contributed by atoms with van der Waals surface area (Å²) in [6.07, 6.45) is 2.12. The van der Waals surface area contributed by atoms with Gasteiger partial charge >= 0.3 is 0 Å². The van der Waals surface area contributed by atoms with Crippen molar-refractivity contribution in [3.63, 3.8) is 0 Å². The summed E-state index contributed by atoms with van der Waals surface area (Å²) in [5.74, 6) is -0.0589. The standard InChI is InChI=1S/C12H12ClN3O/c13-10-2-1-3-11(9(10)6-14)15-7-12(17)16-8-4-5-8/h1-3,8,15H,4-5,7H2,(H,16,17). The van der Waals surface area contributed by atoms with E-state index in [2.05, 4.69) is 10.6 Å². The Morgan fingerprint density at radius 2 is 2.29 bits per heavy atom. The third-order valence-electron chi connectivity index (χ3n) is 2.51. The number of nitrogens with one attached hydrogen (secondary N) is 2. The van der Waals surface area contributed by atoms with Crippen LogP contribution >= 0.6 is 11.6 Å². The van der Waals surface area contributed by atoms with Crippen LogP contribution in [0.5, 0.6) is 0 Å². The fourth-order valence-electron chi connectivity index (χ4n) is 1.47. The number of benzene rings is 1. The minimum absolute atomic E-state index is 0.0589. The normalized spacial score (nSPS) is 13.9. The van der Waals surface area contributed by atoms with Crippen LogP contribution in [0.25, 0.3) is 0 Å². The molecular weight excluding hydrogens is 238 g/mol. The maximum atomic E-state index is 11.5. The first-order valence-corrected chi connectivity index (χ1v) is 5.80. The number of hydrogen-bond donors (Lipinski definition) is 2. The van der Waals surface area contributed by atoms with Crippen molar-refractivity contribution in [2.75, 3.05) is 11.9 Å². The van der Waals surface area contributed by atoms with Crippen molar-refractivity contribution in [1.82, 2.24) is 5.32 Å². The van der Waals surface area contributed by atoms with Gasteiger partial charge in [0.25, 0.3) is 0 Å². The van der Waals surface area contributed by atoms with Crippen molar-refractivity contribution < 1.29 is 4.79 Å². The highest BCUT2D eigenvalue weighted by Crippen LogP contribution is 2.23. The SMILES string of the molecule is N#Cc1c(Cl)cccc1NCC(=O)NC1CC1. The molecule has 0 bridgehead atoms. The Morgan fingerprint density at radius 3 is 2.94 bits per heavy atom. The number of hydrogen-bond acceptors (Lipinski definition) is 3. The molecule has 1 aliphatic rings. The van der Waals surface area contributed by atoms with E-state index in [-0.39, 0.29) is 12.5 Å². The zero-order valence-corrected chi connectivity index (χ0v) is 9.92. The van der Waals surface area contributed by atoms with Gasteiger partial charge in [0.05, 0.1) is 22.8 Å². The van der Waals surface area contributed by atoms with E-state index in [1.165, 1.54) is 0 Å². The number of rotatable bonds is 4. The lowest BCUT2D eigenvalue weighted by Crippen LogP contribution is -2.31. The Kier molecular flexibility index (Phi) is 3.50. The number of nitrogens with zero attached hydrogens (tertiary/aromatic N) is 1. The summed E-state index contributed by atoms with van der Waals surface area (Å²) in [4.78, 5) is 11.5. The fourth-order valence-corrected chi connectivity index (χ4v) is 1.68. The third-order valence-corrected chi connectivity index (χ3v) is 2.82. The van der Waals surface area contributed by atoms with Crippen molar-refractivity contribution >= 4 is 23.2 Å². The number of anilines is 1. The molecule has 4 nitrogen and oxygen atoms in total. The van der Waals surface area contributed by atoms with E-state index < -0.39 is 0 Å². The van der Waals surface area contributed by atoms with Crippen LogP contribution < -0.4 is 10.6 Å². The summed E-state index contributed by atoms with van der Waals surface area (Å²) in [6.45, 7) is 0.158. The summed E-state index contributed by atoms with van der Waals surface area (Å²) < 4.78 is 0. The molecule has 2 rings (SSSR count). The summed E-state index contributed by atoms with van der Waals surface area (Å²) in [6, 6.07) is 7.48. The molecule has 1 amide bonds. The maximum Gasteiger partial charge on any atom is 0.239 e. The molecule has 0 saturated heterocycles. The largest absolute Gasteiger partial charge is 0.375 e. The minimum Gasteiger partial charge on any atom is -0.375 e. The third kappa shape index (κ3) is 3.11. The maximum absolute atomic E-state index is 11.5. The van der Waals surface area contributed by atoms with Gasteiger partial charge in [0.2, 0.25) is 5.91 Å². The average Bonchev–Trinajstić information content (AvgIpc) is 3.10. The number of carbonyl (C=O) groups is 1. The van der Waals surface area contributed by atoms with E-state index in [9.17, 15) is 4.79 Å². The molecule has 0 aliphatic heterocycles. The van der Waals surface area contributed by atoms with Crippen molar-refractivity contribution in [2.24, 2.45) is 0 Å². The average molecular weight is 250 g/mol. The zero-order valence-electron chi connectivity index (χ0n) is 9.16. The zero-order chi connectivity index (χ0) is 12.3. The Morgan fingerprint density at radius 1 is 1.53 bits per heavy atom. The monoisotopic (exact) mass is 249 g/mol. The van der Waals surface area contributed by atoms with Crippen molar-refractivity contribution in [1.29, 1.82) is 5.26 Å². The molecule has 5 heteroatoms. The van der Waals surface area contributed by atoms with Gasteiger partial charge in [-0.15, -0.1) is 0 Å². The predicted molar refractivity (Wildman–Crippen MR) is 65.8 cm³/mol. The Hall–Kier alpha value is -1.73. The first-order valence-electron chi connectivity index (χ1n) is 5.42. The number of halogens is 1. The first kappa shape index (κ1) is 11.7. The van der Waals surface area contributed by atoms with E-state index in [0.717, 1.165) is 12.8 Å². The van der Waals surface area contributed by atoms with Crippen LogP contribution in [0.15, 0.2) is 18.2 Å². The second-order valence-electron chi connectivity index (χ2n) is 3.97. The summed E-state index contributed by atoms with van der Waals surface area (Å²) in [7, 11) is 0. The van der Waals surface area contributed by atoms with Gasteiger partial charge < -0.3 is 10.6 Å². The topological polar surface area (TPSA) is 64.9 Å². The molecule has 17 heavy (non-hydrogen) atoms. The smallest absolute Gasteiger partial charge is 0.239 e. The molecule has 0 spiro atoms. The fraction of sp³-hybridized carbons (Fsp3) is 0.333. The van der Waals surface area contributed by atoms with Gasteiger partial charge in [0, 0.05) is 6.04 Å². The lowest BCUT2D eigenvalue weighted by atomic mass is 10.2. The molecule has 1 fully saturated rings. The van der Waals surface area contributed by atoms with Crippen LogP contribution in [-0.4, -0.2) is 18.5 Å². The van der Waals surface area contributed by atoms with Crippen molar-refractivity contribution in [2.45, 2.75) is 18.9 Å². The second kappa shape index (κ2) is 5.07. The molecule has 1 aromatic carbocycles. The van der Waals surface area contributed by atoms with Crippen LogP contribution in [0.4, 0.5) is 5.69 Å². The van der Waals surface area contributed by atoms with Crippen LogP contribution in [0.1, 0.15) is 18.4 Å². The highest BCUT2D eigenvalue weighted by Gasteiger charge is 2.22. The summed E-state index contributed by atoms with van der Waals surface area (Å²) in [5, 5.41) is 15.1. The Bertz CT molecular complexity index is 477. The summed E-state index contributed by atoms with van der Waals surface area (Å²) in [5.41, 5.74) is 0.958. The highest BCUT2D eigenvalue weighted by atomic mass is 35.5. The first-order chi connectivity index (χ1) is 8.20. The lowest BCUT2D eigenvalue weighted by Gasteiger charge is -2.09. The van der Waals surface area contributed by atoms with Crippen LogP contribution in [0, 0.1) is 11.3 Å². The quantitative estimate of drug-likeness (QED) is 0.857. The van der Waals surface area contributed by atoms with E-state index in [4.69, 9.17) is 16.9 Å². The molecule has 88 valence electrons.